The van der Waals surface area contributed by atoms with E-state index in [1.54, 1.807) is 42.5 Å². The lowest BCUT2D eigenvalue weighted by molar-refractivity contribution is -0.145. The number of hydrogen-bond donors (Lipinski definition) is 4. The fourth-order valence-corrected chi connectivity index (χ4v) is 3.90. The number of esters is 1. The van der Waals surface area contributed by atoms with Gasteiger partial charge in [-0.05, 0) is 66.7 Å². The third kappa shape index (κ3) is 7.20. The van der Waals surface area contributed by atoms with Crippen molar-refractivity contribution in [1.29, 1.82) is 0 Å². The molecule has 0 spiro atoms. The zero-order valence-electron chi connectivity index (χ0n) is 21.9. The smallest absolute Gasteiger partial charge is 0.356 e. The van der Waals surface area contributed by atoms with Crippen molar-refractivity contribution in [2.75, 3.05) is 6.54 Å². The Morgan fingerprint density at radius 2 is 1.52 bits per heavy atom. The summed E-state index contributed by atoms with van der Waals surface area (Å²) in [6, 6.07) is 20.1. The number of nitrogens with zero attached hydrogens (tertiary/aromatic N) is 3. The number of amides is 1. The standard InChI is InChI=1S/C28H25N7O7/c29-28(30)34-20-7-4-16(5-8-20)26(38)40-22-10-11-23-17(13-22)6-9-21(33-23)14-35(15-24(36)41-31)25(37)18-2-1-3-19(12-18)27(39)42-32/h1-13H,14-15,31-32H2,(H4,29,30,34). The Kier molecular flexibility index (Phi) is 9.01. The molecule has 0 radical (unpaired) electrons. The average Bonchev–Trinajstić information content (AvgIpc) is 3.00. The topological polar surface area (TPSA) is 229 Å². The number of carbonyl (C=O) groups excluding carboxylic acids is 4. The zero-order chi connectivity index (χ0) is 30.2. The van der Waals surface area contributed by atoms with Crippen molar-refractivity contribution in [2.24, 2.45) is 28.3 Å². The molecule has 0 atom stereocenters. The van der Waals surface area contributed by atoms with E-state index in [1.807, 2.05) is 0 Å². The first-order chi connectivity index (χ1) is 20.2. The molecule has 4 rings (SSSR count). The van der Waals surface area contributed by atoms with Crippen LogP contribution in [-0.4, -0.2) is 46.2 Å². The number of carbonyl (C=O) groups is 4. The van der Waals surface area contributed by atoms with E-state index in [0.29, 0.717) is 27.8 Å². The normalized spacial score (nSPS) is 10.4. The van der Waals surface area contributed by atoms with Gasteiger partial charge in [0, 0.05) is 10.9 Å². The van der Waals surface area contributed by atoms with Crippen LogP contribution >= 0.6 is 0 Å². The number of ether oxygens (including phenoxy) is 1. The van der Waals surface area contributed by atoms with E-state index in [-0.39, 0.29) is 29.4 Å². The summed E-state index contributed by atoms with van der Waals surface area (Å²) in [6.45, 7) is -0.579. The molecule has 4 aromatic rings. The SMILES string of the molecule is NOC(=O)CN(Cc1ccc2cc(OC(=O)c3ccc(N=C(N)N)cc3)ccc2n1)C(=O)c1cccc(C(=O)ON)c1. The van der Waals surface area contributed by atoms with Crippen molar-refractivity contribution in [3.05, 3.63) is 101 Å². The Morgan fingerprint density at radius 3 is 2.21 bits per heavy atom. The third-order valence-electron chi connectivity index (χ3n) is 5.83. The van der Waals surface area contributed by atoms with Crippen LogP contribution in [0.4, 0.5) is 5.69 Å². The molecule has 42 heavy (non-hydrogen) atoms. The third-order valence-corrected chi connectivity index (χ3v) is 5.83. The van der Waals surface area contributed by atoms with Crippen LogP contribution in [0.15, 0.2) is 83.9 Å². The first kappa shape index (κ1) is 29.1. The second-order valence-electron chi connectivity index (χ2n) is 8.77. The van der Waals surface area contributed by atoms with Crippen LogP contribution in [0.5, 0.6) is 5.75 Å². The number of guanidine groups is 1. The summed E-state index contributed by atoms with van der Waals surface area (Å²) in [5.41, 5.74) is 12.6. The Balaban J connectivity index is 1.52. The van der Waals surface area contributed by atoms with E-state index in [0.717, 1.165) is 4.90 Å². The van der Waals surface area contributed by atoms with Crippen molar-refractivity contribution in [3.8, 4) is 5.75 Å². The van der Waals surface area contributed by atoms with E-state index in [4.69, 9.17) is 28.0 Å². The van der Waals surface area contributed by atoms with Gasteiger partial charge in [-0.3, -0.25) is 9.78 Å². The molecular weight excluding hydrogens is 546 g/mol. The van der Waals surface area contributed by atoms with Crippen molar-refractivity contribution in [1.82, 2.24) is 9.88 Å². The lowest BCUT2D eigenvalue weighted by Crippen LogP contribution is -2.37. The number of aromatic nitrogens is 1. The Morgan fingerprint density at radius 1 is 0.786 bits per heavy atom. The van der Waals surface area contributed by atoms with Gasteiger partial charge in [-0.2, -0.15) is 11.8 Å². The summed E-state index contributed by atoms with van der Waals surface area (Å²) < 4.78 is 5.49. The van der Waals surface area contributed by atoms with Gasteiger partial charge in [0.05, 0.1) is 34.6 Å². The molecule has 214 valence electrons. The van der Waals surface area contributed by atoms with E-state index < -0.39 is 30.4 Å². The van der Waals surface area contributed by atoms with Crippen LogP contribution in [0.1, 0.15) is 36.8 Å². The van der Waals surface area contributed by atoms with Gasteiger partial charge in [0.15, 0.2) is 5.96 Å². The maximum atomic E-state index is 13.3. The molecule has 0 aliphatic rings. The molecule has 0 unspecified atom stereocenters. The van der Waals surface area contributed by atoms with Crippen LogP contribution in [0.2, 0.25) is 0 Å². The molecule has 1 aromatic heterocycles. The first-order valence-electron chi connectivity index (χ1n) is 12.2. The van der Waals surface area contributed by atoms with Crippen LogP contribution in [0, 0.1) is 0 Å². The van der Waals surface area contributed by atoms with Gasteiger partial charge in [0.2, 0.25) is 0 Å². The number of rotatable bonds is 9. The van der Waals surface area contributed by atoms with E-state index >= 15 is 0 Å². The summed E-state index contributed by atoms with van der Waals surface area (Å²) in [4.78, 5) is 67.7. The fourth-order valence-electron chi connectivity index (χ4n) is 3.90. The largest absolute Gasteiger partial charge is 0.423 e. The molecule has 0 saturated heterocycles. The molecule has 14 nitrogen and oxygen atoms in total. The number of hydrogen-bond acceptors (Lipinski definition) is 11. The molecule has 1 amide bonds. The maximum absolute atomic E-state index is 13.3. The van der Waals surface area contributed by atoms with Gasteiger partial charge in [-0.1, -0.05) is 12.1 Å². The maximum Gasteiger partial charge on any atom is 0.356 e. The summed E-state index contributed by atoms with van der Waals surface area (Å²) in [6.07, 6.45) is 0. The highest BCUT2D eigenvalue weighted by Crippen LogP contribution is 2.22. The van der Waals surface area contributed by atoms with Gasteiger partial charge in [-0.15, -0.1) is 0 Å². The number of nitrogens with two attached hydrogens (primary N) is 4. The van der Waals surface area contributed by atoms with Crippen molar-refractivity contribution >= 4 is 46.4 Å². The van der Waals surface area contributed by atoms with Gasteiger partial charge >= 0.3 is 17.9 Å². The predicted molar refractivity (Wildman–Crippen MR) is 150 cm³/mol. The molecule has 8 N–H and O–H groups in total. The first-order valence-corrected chi connectivity index (χ1v) is 12.2. The van der Waals surface area contributed by atoms with Crippen LogP contribution in [-0.2, 0) is 21.0 Å². The van der Waals surface area contributed by atoms with E-state index in [9.17, 15) is 19.2 Å². The Bertz CT molecular complexity index is 1690. The molecule has 3 aromatic carbocycles. The number of fused-ring (bicyclic) bond motifs is 1. The predicted octanol–water partition coefficient (Wildman–Crippen LogP) is 1.45. The van der Waals surface area contributed by atoms with Crippen LogP contribution in [0.25, 0.3) is 10.9 Å². The van der Waals surface area contributed by atoms with Gasteiger partial charge < -0.3 is 30.8 Å². The molecule has 0 aliphatic carbocycles. The molecular formula is C28H25N7O7. The minimum atomic E-state index is -0.862. The van der Waals surface area contributed by atoms with Crippen molar-refractivity contribution in [3.63, 3.8) is 0 Å². The van der Waals surface area contributed by atoms with Crippen LogP contribution in [0.3, 0.4) is 0 Å². The summed E-state index contributed by atoms with van der Waals surface area (Å²) >= 11 is 0. The highest BCUT2D eigenvalue weighted by molar-refractivity contribution is 5.99. The lowest BCUT2D eigenvalue weighted by atomic mass is 10.1. The molecule has 0 bridgehead atoms. The Hall–Kier alpha value is -5.86. The molecule has 0 aliphatic heterocycles. The summed E-state index contributed by atoms with van der Waals surface area (Å²) in [7, 11) is 0. The summed E-state index contributed by atoms with van der Waals surface area (Å²) in [5, 5.41) is 0.652. The number of aliphatic imine (C=N–C) groups is 1. The van der Waals surface area contributed by atoms with Gasteiger partial charge in [0.25, 0.3) is 5.91 Å². The lowest BCUT2D eigenvalue weighted by Gasteiger charge is -2.21. The monoisotopic (exact) mass is 571 g/mol. The quantitative estimate of drug-likeness (QED) is 0.0735. The van der Waals surface area contributed by atoms with Crippen molar-refractivity contribution in [2.45, 2.75) is 6.54 Å². The second-order valence-corrected chi connectivity index (χ2v) is 8.77. The van der Waals surface area contributed by atoms with Gasteiger partial charge in [0.1, 0.15) is 12.3 Å². The number of pyridine rings is 1. The van der Waals surface area contributed by atoms with E-state index in [1.165, 1.54) is 36.4 Å². The minimum Gasteiger partial charge on any atom is -0.423 e. The van der Waals surface area contributed by atoms with Crippen LogP contribution < -0.4 is 28.0 Å². The zero-order valence-corrected chi connectivity index (χ0v) is 21.9. The minimum absolute atomic E-state index is 0.0491. The average molecular weight is 572 g/mol. The molecule has 1 heterocycles. The Labute approximate surface area is 238 Å². The molecule has 14 heteroatoms. The second kappa shape index (κ2) is 13.0. The summed E-state index contributed by atoms with van der Waals surface area (Å²) in [5.74, 6) is 7.24. The fraction of sp³-hybridized carbons (Fsp3) is 0.0714. The molecule has 0 fully saturated rings. The highest BCUT2D eigenvalue weighted by atomic mass is 16.7. The van der Waals surface area contributed by atoms with Gasteiger partial charge in [-0.25, -0.2) is 19.4 Å². The number of benzene rings is 3. The van der Waals surface area contributed by atoms with E-state index in [2.05, 4.69) is 19.7 Å². The molecule has 0 saturated carbocycles. The van der Waals surface area contributed by atoms with Crippen molar-refractivity contribution < 1.29 is 33.6 Å². The highest BCUT2D eigenvalue weighted by Gasteiger charge is 2.22.